The van der Waals surface area contributed by atoms with Crippen LogP contribution in [0.5, 0.6) is 11.5 Å². The Morgan fingerprint density at radius 1 is 1.06 bits per heavy atom. The van der Waals surface area contributed by atoms with Gasteiger partial charge in [0, 0.05) is 0 Å². The van der Waals surface area contributed by atoms with Crippen molar-refractivity contribution in [2.75, 3.05) is 0 Å². The van der Waals surface area contributed by atoms with Gasteiger partial charge in [0.1, 0.15) is 6.61 Å². The normalized spacial score (nSPS) is 10.2. The molecule has 2 nitrogen and oxygen atoms in total. The van der Waals surface area contributed by atoms with Crippen LogP contribution in [0.1, 0.15) is 16.7 Å². The lowest BCUT2D eigenvalue weighted by Gasteiger charge is -2.10. The second kappa shape index (κ2) is 4.91. The molecule has 0 saturated carbocycles. The first-order valence-corrected chi connectivity index (χ1v) is 5.64. The van der Waals surface area contributed by atoms with Gasteiger partial charge in [-0.3, -0.25) is 0 Å². The summed E-state index contributed by atoms with van der Waals surface area (Å²) in [5, 5.41) is 9.59. The number of phenolic OH excluding ortho intramolecular Hbond substituents is 1. The molecule has 0 amide bonds. The minimum absolute atomic E-state index is 0.179. The minimum atomic E-state index is 0.179. The van der Waals surface area contributed by atoms with Gasteiger partial charge in [0.05, 0.1) is 0 Å². The predicted molar refractivity (Wildman–Crippen MR) is 68.4 cm³/mol. The van der Waals surface area contributed by atoms with E-state index in [1.54, 1.807) is 18.2 Å². The number of aryl methyl sites for hydroxylation is 2. The van der Waals surface area contributed by atoms with Crippen LogP contribution in [0.4, 0.5) is 0 Å². The highest BCUT2D eigenvalue weighted by Gasteiger charge is 2.03. The average Bonchev–Trinajstić information content (AvgIpc) is 2.32. The lowest BCUT2D eigenvalue weighted by Crippen LogP contribution is -1.98. The summed E-state index contributed by atoms with van der Waals surface area (Å²) in [6.45, 7) is 4.59. The van der Waals surface area contributed by atoms with Gasteiger partial charge in [-0.05, 0) is 37.1 Å². The zero-order chi connectivity index (χ0) is 12.3. The molecule has 0 saturated heterocycles. The van der Waals surface area contributed by atoms with E-state index >= 15 is 0 Å². The monoisotopic (exact) mass is 228 g/mol. The Labute approximate surface area is 101 Å². The largest absolute Gasteiger partial charge is 0.504 e. The van der Waals surface area contributed by atoms with Gasteiger partial charge in [-0.1, -0.05) is 35.9 Å². The van der Waals surface area contributed by atoms with Gasteiger partial charge in [-0.2, -0.15) is 0 Å². The maximum Gasteiger partial charge on any atom is 0.161 e. The molecule has 0 aliphatic heterocycles. The molecule has 17 heavy (non-hydrogen) atoms. The van der Waals surface area contributed by atoms with Crippen molar-refractivity contribution < 1.29 is 9.84 Å². The fourth-order valence-corrected chi connectivity index (χ4v) is 1.69. The Morgan fingerprint density at radius 3 is 2.59 bits per heavy atom. The molecule has 2 aromatic rings. The molecule has 0 aromatic heterocycles. The van der Waals surface area contributed by atoms with Crippen LogP contribution in [-0.4, -0.2) is 5.11 Å². The third kappa shape index (κ3) is 2.78. The van der Waals surface area contributed by atoms with Crippen LogP contribution in [0, 0.1) is 13.8 Å². The molecule has 0 heterocycles. The van der Waals surface area contributed by atoms with E-state index in [2.05, 4.69) is 32.0 Å². The van der Waals surface area contributed by atoms with Gasteiger partial charge >= 0.3 is 0 Å². The van der Waals surface area contributed by atoms with Crippen LogP contribution < -0.4 is 4.74 Å². The third-order valence-corrected chi connectivity index (χ3v) is 2.75. The van der Waals surface area contributed by atoms with Crippen LogP contribution in [0.2, 0.25) is 0 Å². The van der Waals surface area contributed by atoms with Crippen LogP contribution in [0.25, 0.3) is 0 Å². The number of para-hydroxylation sites is 2. The number of hydrogen-bond acceptors (Lipinski definition) is 2. The maximum atomic E-state index is 9.59. The molecular weight excluding hydrogens is 212 g/mol. The van der Waals surface area contributed by atoms with E-state index in [-0.39, 0.29) is 5.75 Å². The molecular formula is C15H16O2. The zero-order valence-electron chi connectivity index (χ0n) is 10.1. The smallest absolute Gasteiger partial charge is 0.161 e. The highest BCUT2D eigenvalue weighted by Crippen LogP contribution is 2.25. The molecule has 0 fully saturated rings. The van der Waals surface area contributed by atoms with E-state index in [0.29, 0.717) is 12.4 Å². The molecule has 0 aliphatic carbocycles. The van der Waals surface area contributed by atoms with E-state index in [1.807, 2.05) is 6.07 Å². The van der Waals surface area contributed by atoms with E-state index < -0.39 is 0 Å². The van der Waals surface area contributed by atoms with Crippen LogP contribution >= 0.6 is 0 Å². The molecule has 0 radical (unpaired) electrons. The summed E-state index contributed by atoms with van der Waals surface area (Å²) in [4.78, 5) is 0. The van der Waals surface area contributed by atoms with Gasteiger partial charge in [0.15, 0.2) is 11.5 Å². The molecule has 0 bridgehead atoms. The van der Waals surface area contributed by atoms with Crippen molar-refractivity contribution in [3.05, 3.63) is 59.2 Å². The highest BCUT2D eigenvalue weighted by molar-refractivity contribution is 5.38. The number of rotatable bonds is 3. The van der Waals surface area contributed by atoms with Crippen molar-refractivity contribution >= 4 is 0 Å². The molecule has 1 N–H and O–H groups in total. The standard InChI is InChI=1S/C15H16O2/c1-11-7-8-12(2)13(9-11)10-17-15-6-4-3-5-14(15)16/h3-9,16H,10H2,1-2H3. The number of benzene rings is 2. The number of hydrogen-bond donors (Lipinski definition) is 1. The van der Waals surface area contributed by atoms with Crippen LogP contribution in [0.3, 0.4) is 0 Å². The van der Waals surface area contributed by atoms with Crippen molar-refractivity contribution in [3.63, 3.8) is 0 Å². The van der Waals surface area contributed by atoms with Gasteiger partial charge in [-0.25, -0.2) is 0 Å². The van der Waals surface area contributed by atoms with Gasteiger partial charge in [0.2, 0.25) is 0 Å². The Hall–Kier alpha value is -1.96. The minimum Gasteiger partial charge on any atom is -0.504 e. The highest BCUT2D eigenvalue weighted by atomic mass is 16.5. The number of ether oxygens (including phenoxy) is 1. The van der Waals surface area contributed by atoms with Crippen molar-refractivity contribution in [3.8, 4) is 11.5 Å². The van der Waals surface area contributed by atoms with E-state index in [1.165, 1.54) is 11.1 Å². The third-order valence-electron chi connectivity index (χ3n) is 2.75. The number of phenols is 1. The Morgan fingerprint density at radius 2 is 1.82 bits per heavy atom. The topological polar surface area (TPSA) is 29.5 Å². The van der Waals surface area contributed by atoms with E-state index in [4.69, 9.17) is 4.74 Å². The first-order chi connectivity index (χ1) is 8.16. The average molecular weight is 228 g/mol. The van der Waals surface area contributed by atoms with Crippen molar-refractivity contribution in [2.24, 2.45) is 0 Å². The first kappa shape index (κ1) is 11.5. The van der Waals surface area contributed by atoms with E-state index in [0.717, 1.165) is 5.56 Å². The summed E-state index contributed by atoms with van der Waals surface area (Å²) in [7, 11) is 0. The molecule has 0 unspecified atom stereocenters. The second-order valence-corrected chi connectivity index (χ2v) is 4.19. The maximum absolute atomic E-state index is 9.59. The fourth-order valence-electron chi connectivity index (χ4n) is 1.69. The molecule has 2 heteroatoms. The molecule has 0 atom stereocenters. The summed E-state index contributed by atoms with van der Waals surface area (Å²) in [6.07, 6.45) is 0. The van der Waals surface area contributed by atoms with Crippen LogP contribution in [0.15, 0.2) is 42.5 Å². The quantitative estimate of drug-likeness (QED) is 0.870. The fraction of sp³-hybridized carbons (Fsp3) is 0.200. The number of aromatic hydroxyl groups is 1. The first-order valence-electron chi connectivity index (χ1n) is 5.64. The lowest BCUT2D eigenvalue weighted by atomic mass is 10.1. The van der Waals surface area contributed by atoms with Crippen molar-refractivity contribution in [1.82, 2.24) is 0 Å². The molecule has 2 aromatic carbocycles. The lowest BCUT2D eigenvalue weighted by molar-refractivity contribution is 0.288. The summed E-state index contributed by atoms with van der Waals surface area (Å²) >= 11 is 0. The Bertz CT molecular complexity index is 518. The Kier molecular flexibility index (Phi) is 3.33. The molecule has 88 valence electrons. The SMILES string of the molecule is Cc1ccc(C)c(COc2ccccc2O)c1. The van der Waals surface area contributed by atoms with Gasteiger partial charge in [0.25, 0.3) is 0 Å². The second-order valence-electron chi connectivity index (χ2n) is 4.19. The van der Waals surface area contributed by atoms with Crippen LogP contribution in [-0.2, 0) is 6.61 Å². The molecule has 0 spiro atoms. The van der Waals surface area contributed by atoms with Gasteiger partial charge in [-0.15, -0.1) is 0 Å². The summed E-state index contributed by atoms with van der Waals surface area (Å²) < 4.78 is 5.61. The predicted octanol–water partition coefficient (Wildman–Crippen LogP) is 3.59. The summed E-state index contributed by atoms with van der Waals surface area (Å²) in [6, 6.07) is 13.3. The summed E-state index contributed by atoms with van der Waals surface area (Å²) in [5.74, 6) is 0.700. The summed E-state index contributed by atoms with van der Waals surface area (Å²) in [5.41, 5.74) is 3.56. The molecule has 0 aliphatic rings. The molecule has 2 rings (SSSR count). The van der Waals surface area contributed by atoms with Gasteiger partial charge < -0.3 is 9.84 Å². The van der Waals surface area contributed by atoms with Crippen molar-refractivity contribution in [2.45, 2.75) is 20.5 Å². The van der Waals surface area contributed by atoms with Crippen molar-refractivity contribution in [1.29, 1.82) is 0 Å². The Balaban J connectivity index is 2.12. The zero-order valence-corrected chi connectivity index (χ0v) is 10.1. The van der Waals surface area contributed by atoms with E-state index in [9.17, 15) is 5.11 Å².